The third kappa shape index (κ3) is 8.53. The normalized spacial score (nSPS) is 15.6. The molecule has 0 saturated carbocycles. The minimum Gasteiger partial charge on any atom is -0.456 e. The molecule has 8 heteroatoms. The van der Waals surface area contributed by atoms with Gasteiger partial charge in [0.2, 0.25) is 0 Å². The fraction of sp³-hybridized carbons (Fsp3) is 0.0273. The molecule has 15 aromatic carbocycles. The predicted octanol–water partition coefficient (Wildman–Crippen LogP) is 26.9. The number of nitrogens with zero attached hydrogens (tertiary/aromatic N) is 5. The lowest BCUT2D eigenvalue weighted by Gasteiger charge is -2.30. The van der Waals surface area contributed by atoms with Crippen LogP contribution in [0.5, 0.6) is 0 Å². The highest BCUT2D eigenvalue weighted by Gasteiger charge is 2.58. The quantitative estimate of drug-likeness (QED) is 0.161. The molecule has 6 aliphatic carbocycles. The summed E-state index contributed by atoms with van der Waals surface area (Å²) < 4.78 is 20.0. The second kappa shape index (κ2) is 24.3. The summed E-state index contributed by atoms with van der Waals surface area (Å²) in [5, 5.41) is 6.83. The molecule has 0 amide bonds. The third-order valence-corrected chi connectivity index (χ3v) is 26.2. The van der Waals surface area contributed by atoms with E-state index in [9.17, 15) is 0 Å². The summed E-state index contributed by atoms with van der Waals surface area (Å²) in [7, 11) is 0. The lowest BCUT2D eigenvalue weighted by atomic mass is 9.70. The van der Waals surface area contributed by atoms with Crippen LogP contribution in [-0.4, -0.2) is 24.9 Å². The molecule has 8 nitrogen and oxygen atoms in total. The third-order valence-electron chi connectivity index (χ3n) is 26.2. The van der Waals surface area contributed by atoms with Gasteiger partial charge in [0.25, 0.3) is 0 Å². The summed E-state index contributed by atoms with van der Waals surface area (Å²) >= 11 is 0. The smallest absolute Gasteiger partial charge is 0.141 e. The second-order valence-corrected chi connectivity index (χ2v) is 31.7. The molecule has 7 aromatic heterocycles. The Morgan fingerprint density at radius 3 is 1.23 bits per heavy atom. The summed E-state index contributed by atoms with van der Waals surface area (Å²) in [6.45, 7) is 0. The Morgan fingerprint density at radius 2 is 0.619 bits per heavy atom. The van der Waals surface area contributed by atoms with Crippen LogP contribution in [0.4, 0.5) is 0 Å². The van der Waals surface area contributed by atoms with E-state index in [-0.39, 0.29) is 0 Å². The van der Waals surface area contributed by atoms with E-state index in [0.29, 0.717) is 0 Å². The number of fused-ring (bicyclic) bond motifs is 41. The zero-order chi connectivity index (χ0) is 77.1. The summed E-state index contributed by atoms with van der Waals surface area (Å²) in [4.78, 5) is 24.8. The van der Waals surface area contributed by atoms with Gasteiger partial charge in [0.05, 0.1) is 67.1 Å². The van der Waals surface area contributed by atoms with Gasteiger partial charge >= 0.3 is 0 Å². The van der Waals surface area contributed by atoms with E-state index < -0.39 is 16.2 Å². The van der Waals surface area contributed by atoms with Gasteiger partial charge in [-0.25, -0.2) is 15.0 Å². The first-order valence-electron chi connectivity index (χ1n) is 40.3. The highest BCUT2D eigenvalue weighted by atomic mass is 16.3. The fourth-order valence-electron chi connectivity index (χ4n) is 21.6. The SMILES string of the molecule is c1ccc2c(c1)-c1ccc(-c3ccc4ccc5cccnc5c4n3)cc1C21c2ccccc2-c2oc3ccccc3c21.c1ccc2c(c1)-c1ccccc1C21c2cccc(-c3ccc4ccccc4n3)c2-c2oc3ccccc3c21.c1ccc2c(c1)-c1oc3ccccc3c1C21c2ccccc2-c2c(-c3cnc4ccccc4n3)cccc21. The Bertz CT molecular complexity index is 8100. The molecule has 0 aliphatic heterocycles. The second-order valence-electron chi connectivity index (χ2n) is 31.7. The van der Waals surface area contributed by atoms with Crippen LogP contribution in [0.2, 0.25) is 0 Å². The molecule has 28 rings (SSSR count). The van der Waals surface area contributed by atoms with Gasteiger partial charge in [-0.15, -0.1) is 0 Å². The molecule has 2 unspecified atom stereocenters. The largest absolute Gasteiger partial charge is 0.456 e. The number of hydrogen-bond acceptors (Lipinski definition) is 8. The highest BCUT2D eigenvalue weighted by molar-refractivity contribution is 6.09. The molecular formula is C110H63N5O3. The Morgan fingerprint density at radius 1 is 0.220 bits per heavy atom. The van der Waals surface area contributed by atoms with Crippen molar-refractivity contribution in [3.05, 3.63) is 449 Å². The molecule has 2 atom stereocenters. The van der Waals surface area contributed by atoms with Crippen molar-refractivity contribution in [2.75, 3.05) is 0 Å². The number of benzene rings is 15. The van der Waals surface area contributed by atoms with E-state index in [4.69, 9.17) is 33.2 Å². The fourth-order valence-corrected chi connectivity index (χ4v) is 21.6. The lowest BCUT2D eigenvalue weighted by Crippen LogP contribution is -2.25. The van der Waals surface area contributed by atoms with E-state index in [1.807, 2.05) is 54.9 Å². The zero-order valence-electron chi connectivity index (χ0n) is 63.3. The summed E-state index contributed by atoms with van der Waals surface area (Å²) in [5.41, 5.74) is 38.5. The van der Waals surface area contributed by atoms with Gasteiger partial charge < -0.3 is 13.3 Å². The van der Waals surface area contributed by atoms with Crippen LogP contribution in [-0.2, 0) is 16.2 Å². The van der Waals surface area contributed by atoms with Crippen LogP contribution in [0.25, 0.3) is 178 Å². The van der Waals surface area contributed by atoms with E-state index in [1.165, 1.54) is 106 Å². The van der Waals surface area contributed by atoms with Gasteiger partial charge in [0.15, 0.2) is 0 Å². The average molecular weight is 1500 g/mol. The Labute approximate surface area is 677 Å². The number of rotatable bonds is 3. The van der Waals surface area contributed by atoms with Gasteiger partial charge in [-0.2, -0.15) is 0 Å². The molecule has 3 spiro atoms. The predicted molar refractivity (Wildman–Crippen MR) is 473 cm³/mol. The lowest BCUT2D eigenvalue weighted by molar-refractivity contribution is 0.628. The van der Waals surface area contributed by atoms with Crippen molar-refractivity contribution >= 4 is 76.6 Å². The van der Waals surface area contributed by atoms with Crippen LogP contribution in [0.15, 0.2) is 396 Å². The number of aromatic nitrogens is 5. The molecule has 0 N–H and O–H groups in total. The van der Waals surface area contributed by atoms with Gasteiger partial charge in [-0.1, -0.05) is 309 Å². The standard InChI is InChI=1S/C39H22N2O.C36H21NO.C35H20N2O/c1-4-12-30-26(9-1)27-19-17-25(33-20-18-24-16-15-23-8-7-21-40-36(23)37(24)41-33)22-32(27)39(30)31-13-5-2-10-28(31)38-35(39)29-11-3-6-14-34(29)42-38;1-7-18-30-22(10-1)20-21-31(37-30)25-14-9-17-29-33(25)35-34(26-13-4-8-19-32(26)38-35)36(29)27-15-5-2-11-23(27)24-12-3-6-16-28(24)36;1-4-14-25-21(10-1)32-23(30-20-36-28-17-6-7-18-29(28)37-30)13-9-16-27(32)35(25)26-15-5-2-11-22(26)34-33(35)24-12-3-8-19-31(24)38-34/h1-22H;1-21H;1-20H. The van der Waals surface area contributed by atoms with Crippen LogP contribution < -0.4 is 0 Å². The van der Waals surface area contributed by atoms with E-state index >= 15 is 0 Å². The van der Waals surface area contributed by atoms with Crippen molar-refractivity contribution in [2.24, 2.45) is 0 Å². The molecule has 0 radical (unpaired) electrons. The van der Waals surface area contributed by atoms with Crippen molar-refractivity contribution in [1.29, 1.82) is 0 Å². The van der Waals surface area contributed by atoms with E-state index in [0.717, 1.165) is 139 Å². The molecule has 118 heavy (non-hydrogen) atoms. The molecule has 0 fully saturated rings. The maximum Gasteiger partial charge on any atom is 0.141 e. The van der Waals surface area contributed by atoms with E-state index in [2.05, 4.69) is 333 Å². The highest BCUT2D eigenvalue weighted by Crippen LogP contribution is 2.70. The van der Waals surface area contributed by atoms with Crippen molar-refractivity contribution in [1.82, 2.24) is 24.9 Å². The molecule has 6 aliphatic rings. The molecule has 0 bridgehead atoms. The van der Waals surface area contributed by atoms with Crippen LogP contribution >= 0.6 is 0 Å². The summed E-state index contributed by atoms with van der Waals surface area (Å²) in [5.74, 6) is 2.90. The monoisotopic (exact) mass is 1500 g/mol. The van der Waals surface area contributed by atoms with Crippen molar-refractivity contribution in [3.63, 3.8) is 0 Å². The van der Waals surface area contributed by atoms with Crippen LogP contribution in [0.3, 0.4) is 0 Å². The van der Waals surface area contributed by atoms with Gasteiger partial charge in [-0.05, 0) is 144 Å². The minimum absolute atomic E-state index is 0.447. The summed E-state index contributed by atoms with van der Waals surface area (Å²) in [6.07, 6.45) is 3.75. The first kappa shape index (κ1) is 64.9. The Kier molecular flexibility index (Phi) is 13.4. The number of para-hydroxylation sites is 6. The zero-order valence-corrected chi connectivity index (χ0v) is 63.3. The van der Waals surface area contributed by atoms with E-state index in [1.54, 1.807) is 0 Å². The molecule has 0 saturated heterocycles. The van der Waals surface area contributed by atoms with Crippen molar-refractivity contribution < 1.29 is 13.3 Å². The van der Waals surface area contributed by atoms with Gasteiger partial charge in [-0.3, -0.25) is 9.97 Å². The number of furan rings is 3. The van der Waals surface area contributed by atoms with Crippen molar-refractivity contribution in [3.8, 4) is 101 Å². The van der Waals surface area contributed by atoms with Gasteiger partial charge in [0, 0.05) is 88.6 Å². The topological polar surface area (TPSA) is 104 Å². The number of pyridine rings is 3. The minimum atomic E-state index is -0.481. The Balaban J connectivity index is 0.0000000964. The van der Waals surface area contributed by atoms with Crippen molar-refractivity contribution in [2.45, 2.75) is 16.2 Å². The average Bonchev–Trinajstić information content (AvgIpc) is 1.51. The maximum atomic E-state index is 6.78. The summed E-state index contributed by atoms with van der Waals surface area (Å²) in [6, 6.07) is 132. The first-order chi connectivity index (χ1) is 58.5. The molecular weight excluding hydrogens is 1440 g/mol. The number of hydrogen-bond donors (Lipinski definition) is 0. The molecule has 7 heterocycles. The van der Waals surface area contributed by atoms with Crippen LogP contribution in [0.1, 0.15) is 66.8 Å². The first-order valence-corrected chi connectivity index (χ1v) is 40.3. The Hall–Kier alpha value is -15.5. The molecule has 22 aromatic rings. The van der Waals surface area contributed by atoms with Crippen LogP contribution in [0, 0.1) is 0 Å². The molecule has 546 valence electrons. The maximum absolute atomic E-state index is 6.78. The van der Waals surface area contributed by atoms with Gasteiger partial charge in [0.1, 0.15) is 34.0 Å².